The first kappa shape index (κ1) is 21.0. The molecule has 2 aliphatic carbocycles. The van der Waals surface area contributed by atoms with Crippen LogP contribution in [0.3, 0.4) is 0 Å². The molecule has 0 radical (unpaired) electrons. The third-order valence-corrected chi connectivity index (χ3v) is 6.47. The molecule has 0 aromatic heterocycles. The highest BCUT2D eigenvalue weighted by Crippen LogP contribution is 2.60. The van der Waals surface area contributed by atoms with Gasteiger partial charge >= 0.3 is 12.1 Å². The van der Waals surface area contributed by atoms with Gasteiger partial charge in [-0.2, -0.15) is 13.2 Å². The van der Waals surface area contributed by atoms with Crippen molar-refractivity contribution >= 4 is 17.6 Å². The summed E-state index contributed by atoms with van der Waals surface area (Å²) in [7, 11) is 0. The third kappa shape index (κ3) is 4.00. The molecule has 2 nitrogen and oxygen atoms in total. The maximum atomic E-state index is 12.7. The number of hydrogen-bond acceptors (Lipinski definition) is 2. The van der Waals surface area contributed by atoms with E-state index >= 15 is 0 Å². The van der Waals surface area contributed by atoms with Crippen molar-refractivity contribution in [2.75, 3.05) is 0 Å². The molecule has 0 amide bonds. The van der Waals surface area contributed by atoms with E-state index in [-0.39, 0.29) is 17.6 Å². The highest BCUT2D eigenvalue weighted by atomic mass is 35.5. The van der Waals surface area contributed by atoms with Gasteiger partial charge in [-0.05, 0) is 45.6 Å². The number of benzene rings is 2. The van der Waals surface area contributed by atoms with Gasteiger partial charge in [0.15, 0.2) is 0 Å². The zero-order valence-corrected chi connectivity index (χ0v) is 17.5. The second-order valence-corrected chi connectivity index (χ2v) is 9.10. The Hall–Kier alpha value is -2.27. The molecule has 2 atom stereocenters. The SMILES string of the molecule is CC1(C)C(C=C(Cl)CC(F)(F)F)C1C(=O)OCc1cccc2c1Cc1ccccc1-2. The number of alkyl halides is 3. The van der Waals surface area contributed by atoms with E-state index in [9.17, 15) is 18.0 Å². The summed E-state index contributed by atoms with van der Waals surface area (Å²) in [6.07, 6.45) is -3.39. The molecule has 2 aliphatic rings. The molecule has 158 valence electrons. The summed E-state index contributed by atoms with van der Waals surface area (Å²) in [5.74, 6) is -1.25. The second-order valence-electron chi connectivity index (χ2n) is 8.62. The van der Waals surface area contributed by atoms with Crippen LogP contribution in [-0.2, 0) is 22.6 Å². The van der Waals surface area contributed by atoms with Crippen LogP contribution in [0.2, 0.25) is 0 Å². The minimum Gasteiger partial charge on any atom is -0.461 e. The molecule has 2 unspecified atom stereocenters. The van der Waals surface area contributed by atoms with Crippen LogP contribution in [0.5, 0.6) is 0 Å². The Labute approximate surface area is 178 Å². The summed E-state index contributed by atoms with van der Waals surface area (Å²) in [5, 5.41) is -0.283. The summed E-state index contributed by atoms with van der Waals surface area (Å²) < 4.78 is 43.2. The number of esters is 1. The largest absolute Gasteiger partial charge is 0.461 e. The molecular formula is C24H22ClF3O2. The fraction of sp³-hybridized carbons (Fsp3) is 0.375. The number of allylic oxidation sites excluding steroid dienone is 2. The monoisotopic (exact) mass is 434 g/mol. The maximum absolute atomic E-state index is 12.7. The number of fused-ring (bicyclic) bond motifs is 3. The van der Waals surface area contributed by atoms with E-state index in [0.717, 1.165) is 23.1 Å². The van der Waals surface area contributed by atoms with Crippen molar-refractivity contribution in [3.63, 3.8) is 0 Å². The third-order valence-electron chi connectivity index (χ3n) is 6.21. The number of carbonyl (C=O) groups excluding carboxylic acids is 1. The maximum Gasteiger partial charge on any atom is 0.393 e. The van der Waals surface area contributed by atoms with Crippen LogP contribution in [0, 0.1) is 17.3 Å². The predicted molar refractivity (Wildman–Crippen MR) is 110 cm³/mol. The summed E-state index contributed by atoms with van der Waals surface area (Å²) in [5.41, 5.74) is 5.25. The molecule has 2 aromatic rings. The van der Waals surface area contributed by atoms with Crippen LogP contribution in [0.1, 0.15) is 37.0 Å². The fourth-order valence-corrected chi connectivity index (χ4v) is 4.77. The highest BCUT2D eigenvalue weighted by molar-refractivity contribution is 6.29. The van der Waals surface area contributed by atoms with Gasteiger partial charge in [-0.1, -0.05) is 74.0 Å². The number of carbonyl (C=O) groups is 1. The molecule has 0 aliphatic heterocycles. The Morgan fingerprint density at radius 1 is 1.17 bits per heavy atom. The smallest absolute Gasteiger partial charge is 0.393 e. The van der Waals surface area contributed by atoms with Gasteiger partial charge < -0.3 is 4.74 Å². The van der Waals surface area contributed by atoms with E-state index in [1.54, 1.807) is 0 Å². The van der Waals surface area contributed by atoms with E-state index in [1.807, 2.05) is 38.1 Å². The molecular weight excluding hydrogens is 413 g/mol. The first-order valence-electron chi connectivity index (χ1n) is 9.86. The Kier molecular flexibility index (Phi) is 5.21. The number of hydrogen-bond donors (Lipinski definition) is 0. The average molecular weight is 435 g/mol. The number of ether oxygens (including phenoxy) is 1. The van der Waals surface area contributed by atoms with Crippen LogP contribution in [-0.4, -0.2) is 12.1 Å². The van der Waals surface area contributed by atoms with Crippen molar-refractivity contribution < 1.29 is 22.7 Å². The van der Waals surface area contributed by atoms with E-state index < -0.39 is 29.9 Å². The molecule has 0 saturated heterocycles. The summed E-state index contributed by atoms with van der Waals surface area (Å²) in [6, 6.07) is 14.2. The van der Waals surface area contributed by atoms with Gasteiger partial charge in [-0.15, -0.1) is 0 Å². The molecule has 0 heterocycles. The zero-order valence-electron chi connectivity index (χ0n) is 16.7. The summed E-state index contributed by atoms with van der Waals surface area (Å²) >= 11 is 5.77. The Bertz CT molecular complexity index is 1020. The van der Waals surface area contributed by atoms with Crippen molar-refractivity contribution in [2.45, 2.75) is 39.5 Å². The quantitative estimate of drug-likeness (QED) is 0.420. The first-order valence-corrected chi connectivity index (χ1v) is 10.2. The first-order chi connectivity index (χ1) is 14.1. The molecule has 1 fully saturated rings. The van der Waals surface area contributed by atoms with E-state index in [2.05, 4.69) is 18.2 Å². The van der Waals surface area contributed by atoms with Crippen LogP contribution in [0.15, 0.2) is 53.6 Å². The topological polar surface area (TPSA) is 26.3 Å². The fourth-order valence-electron chi connectivity index (χ4n) is 4.48. The average Bonchev–Trinajstić information content (AvgIpc) is 3.01. The van der Waals surface area contributed by atoms with Crippen molar-refractivity contribution in [1.29, 1.82) is 0 Å². The van der Waals surface area contributed by atoms with Gasteiger partial charge in [0.1, 0.15) is 6.61 Å². The lowest BCUT2D eigenvalue weighted by Gasteiger charge is -2.10. The van der Waals surface area contributed by atoms with E-state index in [4.69, 9.17) is 16.3 Å². The van der Waals surface area contributed by atoms with Gasteiger partial charge in [0, 0.05) is 5.03 Å². The lowest BCUT2D eigenvalue weighted by molar-refractivity contribution is -0.147. The molecule has 0 spiro atoms. The molecule has 30 heavy (non-hydrogen) atoms. The number of rotatable bonds is 5. The van der Waals surface area contributed by atoms with Crippen LogP contribution in [0.25, 0.3) is 11.1 Å². The lowest BCUT2D eigenvalue weighted by Crippen LogP contribution is -2.11. The minimum absolute atomic E-state index is 0.148. The van der Waals surface area contributed by atoms with Gasteiger partial charge in [0.25, 0.3) is 0 Å². The van der Waals surface area contributed by atoms with E-state index in [0.29, 0.717) is 0 Å². The Morgan fingerprint density at radius 3 is 2.60 bits per heavy atom. The van der Waals surface area contributed by atoms with Crippen molar-refractivity contribution in [3.8, 4) is 11.1 Å². The van der Waals surface area contributed by atoms with Crippen LogP contribution < -0.4 is 0 Å². The summed E-state index contributed by atoms with van der Waals surface area (Å²) in [4.78, 5) is 12.7. The highest BCUT2D eigenvalue weighted by Gasteiger charge is 2.61. The molecule has 6 heteroatoms. The van der Waals surface area contributed by atoms with Crippen molar-refractivity contribution in [1.82, 2.24) is 0 Å². The van der Waals surface area contributed by atoms with E-state index in [1.165, 1.54) is 17.2 Å². The Morgan fingerprint density at radius 2 is 1.87 bits per heavy atom. The van der Waals surface area contributed by atoms with Gasteiger partial charge in [-0.3, -0.25) is 4.79 Å². The standard InChI is InChI=1S/C24H22ClF3O2/c1-23(2)20(11-16(25)12-24(26,27)28)21(23)22(29)30-13-15-7-5-9-18-17-8-4-3-6-14(17)10-19(15)18/h3-9,11,20-21H,10,12-13H2,1-2H3. The molecule has 0 N–H and O–H groups in total. The normalized spacial score (nSPS) is 21.7. The summed E-state index contributed by atoms with van der Waals surface area (Å²) in [6.45, 7) is 3.83. The zero-order chi connectivity index (χ0) is 21.7. The molecule has 1 saturated carbocycles. The van der Waals surface area contributed by atoms with Gasteiger partial charge in [0.05, 0.1) is 12.3 Å². The van der Waals surface area contributed by atoms with Gasteiger partial charge in [0.2, 0.25) is 0 Å². The lowest BCUT2D eigenvalue weighted by atomic mass is 10.0. The molecule has 2 aromatic carbocycles. The van der Waals surface area contributed by atoms with Crippen LogP contribution >= 0.6 is 11.6 Å². The molecule has 4 rings (SSSR count). The van der Waals surface area contributed by atoms with Crippen LogP contribution in [0.4, 0.5) is 13.2 Å². The Balaban J connectivity index is 1.43. The molecule has 0 bridgehead atoms. The van der Waals surface area contributed by atoms with Crippen molar-refractivity contribution in [3.05, 3.63) is 70.3 Å². The minimum atomic E-state index is -4.37. The van der Waals surface area contributed by atoms with Gasteiger partial charge in [-0.25, -0.2) is 0 Å². The van der Waals surface area contributed by atoms with Crippen molar-refractivity contribution in [2.24, 2.45) is 17.3 Å². The predicted octanol–water partition coefficient (Wildman–Crippen LogP) is 6.65. The number of halogens is 4. The second kappa shape index (κ2) is 7.45.